The molecule has 0 spiro atoms. The molecule has 4 saturated heterocycles. The molecule has 59 heavy (non-hydrogen) atoms. The third-order valence-electron chi connectivity index (χ3n) is 12.2. The predicted molar refractivity (Wildman–Crippen MR) is 223 cm³/mol. The van der Waals surface area contributed by atoms with Crippen LogP contribution in [0.2, 0.25) is 5.02 Å². The fourth-order valence-electron chi connectivity index (χ4n) is 9.80. The number of hydrazine groups is 1. The fourth-order valence-corrected chi connectivity index (χ4v) is 11.2. The average Bonchev–Trinajstić information content (AvgIpc) is 3.91. The maximum Gasteiger partial charge on any atom is 0.430 e. The van der Waals surface area contributed by atoms with Crippen molar-refractivity contribution in [1.82, 2.24) is 19.8 Å². The molecule has 3 atom stereocenters. The number of rotatable bonds is 5. The number of aromatic nitrogens is 2. The second kappa shape index (κ2) is 14.2. The highest BCUT2D eigenvalue weighted by atomic mass is 35.5. The zero-order valence-electron chi connectivity index (χ0n) is 34.1. The molecule has 5 aliphatic rings. The molecular weight excluding hydrogens is 799 g/mol. The van der Waals surface area contributed by atoms with Crippen LogP contribution < -0.4 is 25.2 Å². The summed E-state index contributed by atoms with van der Waals surface area (Å²) in [6.07, 6.45) is 4.40. The van der Waals surface area contributed by atoms with Crippen molar-refractivity contribution in [1.29, 1.82) is 5.26 Å². The van der Waals surface area contributed by atoms with Gasteiger partial charge in [-0.1, -0.05) is 23.7 Å². The molecule has 2 amide bonds. The number of piperazine rings is 1. The van der Waals surface area contributed by atoms with E-state index < -0.39 is 23.1 Å². The lowest BCUT2D eigenvalue weighted by Gasteiger charge is -2.46. The van der Waals surface area contributed by atoms with Crippen molar-refractivity contribution >= 4 is 66.9 Å². The van der Waals surface area contributed by atoms with E-state index >= 15 is 4.39 Å². The second-order valence-corrected chi connectivity index (χ2v) is 19.6. The summed E-state index contributed by atoms with van der Waals surface area (Å²) in [5.41, 5.74) is -1.39. The normalized spacial score (nSPS) is 22.1. The van der Waals surface area contributed by atoms with Gasteiger partial charge in [-0.15, -0.1) is 11.3 Å². The van der Waals surface area contributed by atoms with Crippen molar-refractivity contribution < 1.29 is 32.9 Å². The Morgan fingerprint density at radius 2 is 1.81 bits per heavy atom. The Hall–Kier alpha value is -4.69. The van der Waals surface area contributed by atoms with Crippen LogP contribution in [0.3, 0.4) is 0 Å². The summed E-state index contributed by atoms with van der Waals surface area (Å²) in [6, 6.07) is 6.55. The number of hydrogen-bond acceptors (Lipinski definition) is 13. The van der Waals surface area contributed by atoms with Crippen LogP contribution in [0.4, 0.5) is 24.8 Å². The average molecular weight is 847 g/mol. The number of thiophene rings is 1. The van der Waals surface area contributed by atoms with Crippen molar-refractivity contribution in [3.05, 3.63) is 34.6 Å². The molecule has 0 aliphatic carbocycles. The van der Waals surface area contributed by atoms with Crippen molar-refractivity contribution in [2.24, 2.45) is 5.84 Å². The third-order valence-corrected chi connectivity index (χ3v) is 13.7. The first-order chi connectivity index (χ1) is 28.0. The van der Waals surface area contributed by atoms with Gasteiger partial charge in [0.2, 0.25) is 0 Å². The molecule has 2 aromatic heterocycles. The summed E-state index contributed by atoms with van der Waals surface area (Å²) < 4.78 is 42.9. The van der Waals surface area contributed by atoms with E-state index in [0.29, 0.717) is 34.4 Å². The minimum atomic E-state index is -0.851. The molecule has 5 aliphatic heterocycles. The molecule has 2 unspecified atom stereocenters. The number of carbonyl (C=O) groups is 2. The van der Waals surface area contributed by atoms with Gasteiger partial charge in [-0.3, -0.25) is 9.80 Å². The van der Waals surface area contributed by atoms with Gasteiger partial charge in [0.15, 0.2) is 11.6 Å². The highest BCUT2D eigenvalue weighted by Crippen LogP contribution is 2.53. The lowest BCUT2D eigenvalue weighted by atomic mass is 9.95. The standard InChI is InChI=1S/C42H48ClFN8O6S/c1-40(2,3)57-38(53)51-22-12-13-25(51)26-20-55-34-30-33(47-37(48-35(30)50(26)19-22)56-21-42-14-8-16-49(42)17-9-15-42)32(44)29(31(34)43)23-10-7-11-27-28(23)24(18-45)36(59-27)52(46)39(54)58-41(4,5)6/h7,10-11,22,25-26H,8-9,12-17,19-21,46H2,1-6H3/t22?,25?,26-/m1/s1. The van der Waals surface area contributed by atoms with Gasteiger partial charge in [0.25, 0.3) is 0 Å². The van der Waals surface area contributed by atoms with Crippen LogP contribution in [0.5, 0.6) is 11.8 Å². The van der Waals surface area contributed by atoms with Gasteiger partial charge in [-0.05, 0) is 105 Å². The van der Waals surface area contributed by atoms with Crippen LogP contribution in [0, 0.1) is 17.1 Å². The molecule has 0 saturated carbocycles. The van der Waals surface area contributed by atoms with Gasteiger partial charge >= 0.3 is 18.2 Å². The Labute approximate surface area is 350 Å². The number of nitrogens with two attached hydrogens (primary N) is 1. The van der Waals surface area contributed by atoms with E-state index in [-0.39, 0.29) is 80.4 Å². The molecule has 14 nitrogen and oxygen atoms in total. The number of nitrogens with zero attached hydrogens (tertiary/aromatic N) is 7. The summed E-state index contributed by atoms with van der Waals surface area (Å²) in [5.74, 6) is 6.15. The smallest absolute Gasteiger partial charge is 0.430 e. The van der Waals surface area contributed by atoms with Crippen LogP contribution in [0.15, 0.2) is 18.2 Å². The van der Waals surface area contributed by atoms with Crippen molar-refractivity contribution in [3.63, 3.8) is 0 Å². The van der Waals surface area contributed by atoms with Crippen LogP contribution in [0.1, 0.15) is 85.6 Å². The Morgan fingerprint density at radius 1 is 1.08 bits per heavy atom. The Balaban J connectivity index is 1.20. The van der Waals surface area contributed by atoms with Gasteiger partial charge in [-0.2, -0.15) is 15.2 Å². The lowest BCUT2D eigenvalue weighted by Crippen LogP contribution is -2.63. The van der Waals surface area contributed by atoms with Gasteiger partial charge in [0, 0.05) is 22.2 Å². The number of nitriles is 1. The number of halogens is 2. The van der Waals surface area contributed by atoms with E-state index in [0.717, 1.165) is 68.0 Å². The highest BCUT2D eigenvalue weighted by Gasteiger charge is 2.52. The van der Waals surface area contributed by atoms with Gasteiger partial charge in [0.1, 0.15) is 46.8 Å². The number of fused-ring (bicyclic) bond motifs is 7. The van der Waals surface area contributed by atoms with Gasteiger partial charge in [0.05, 0.1) is 39.6 Å². The van der Waals surface area contributed by atoms with E-state index in [1.165, 1.54) is 0 Å². The van der Waals surface area contributed by atoms with Crippen molar-refractivity contribution in [3.8, 4) is 29.0 Å². The second-order valence-electron chi connectivity index (χ2n) is 18.2. The Kier molecular flexibility index (Phi) is 9.58. The van der Waals surface area contributed by atoms with Crippen LogP contribution in [-0.2, 0) is 9.47 Å². The Morgan fingerprint density at radius 3 is 2.51 bits per heavy atom. The molecule has 312 valence electrons. The number of benzene rings is 2. The molecule has 9 rings (SSSR count). The zero-order valence-corrected chi connectivity index (χ0v) is 35.6. The van der Waals surface area contributed by atoms with E-state index in [4.69, 9.17) is 46.4 Å². The number of amides is 2. The summed E-state index contributed by atoms with van der Waals surface area (Å²) in [4.78, 5) is 43.0. The SMILES string of the molecule is CC(C)(C)OC(=O)N(N)c1sc2cccc(-c3c(Cl)c4c5c(nc(OCC67CCCN6CCC7)nc5c3F)N3CC5CCC([C@H]3CO4)N5C(=O)OC(C)(C)C)c2c1C#N. The predicted octanol–water partition coefficient (Wildman–Crippen LogP) is 8.15. The fraction of sp³-hybridized carbons (Fsp3) is 0.548. The van der Waals surface area contributed by atoms with E-state index in [1.807, 2.05) is 25.7 Å². The highest BCUT2D eigenvalue weighted by molar-refractivity contribution is 7.23. The summed E-state index contributed by atoms with van der Waals surface area (Å²) in [5, 5.41) is 12.1. The molecule has 17 heteroatoms. The summed E-state index contributed by atoms with van der Waals surface area (Å²) in [7, 11) is 0. The van der Waals surface area contributed by atoms with Crippen molar-refractivity contribution in [2.75, 3.05) is 42.8 Å². The van der Waals surface area contributed by atoms with Crippen LogP contribution in [0.25, 0.3) is 32.1 Å². The maximum atomic E-state index is 17.8. The lowest BCUT2D eigenvalue weighted by molar-refractivity contribution is 0.00542. The number of hydrogen-bond donors (Lipinski definition) is 1. The Bertz CT molecular complexity index is 2430. The molecular formula is C42H48ClFN8O6S. The van der Waals surface area contributed by atoms with Crippen molar-refractivity contribution in [2.45, 2.75) is 115 Å². The summed E-state index contributed by atoms with van der Waals surface area (Å²) in [6.45, 7) is 13.6. The van der Waals surface area contributed by atoms with Crippen LogP contribution >= 0.6 is 22.9 Å². The first-order valence-electron chi connectivity index (χ1n) is 20.2. The topological polar surface area (TPSA) is 160 Å². The monoisotopic (exact) mass is 846 g/mol. The first-order valence-corrected chi connectivity index (χ1v) is 21.4. The quantitative estimate of drug-likeness (QED) is 0.117. The number of anilines is 2. The van der Waals surface area contributed by atoms with E-state index in [2.05, 4.69) is 15.9 Å². The largest absolute Gasteiger partial charge is 0.489 e. The molecule has 4 aromatic rings. The third kappa shape index (κ3) is 6.65. The molecule has 7 heterocycles. The van der Waals surface area contributed by atoms with E-state index in [9.17, 15) is 14.9 Å². The molecule has 2 aromatic carbocycles. The summed E-state index contributed by atoms with van der Waals surface area (Å²) >= 11 is 8.42. The molecule has 2 N–H and O–H groups in total. The number of ether oxygens (including phenoxy) is 4. The molecule has 4 fully saturated rings. The first kappa shape index (κ1) is 39.8. The minimum Gasteiger partial charge on any atom is -0.489 e. The van der Waals surface area contributed by atoms with Gasteiger partial charge < -0.3 is 23.8 Å². The zero-order chi connectivity index (χ0) is 41.8. The van der Waals surface area contributed by atoms with Gasteiger partial charge in [-0.25, -0.2) is 24.8 Å². The van der Waals surface area contributed by atoms with Crippen LogP contribution in [-0.4, -0.2) is 99.7 Å². The number of carbonyl (C=O) groups excluding carboxylic acids is 2. The van der Waals surface area contributed by atoms with E-state index in [1.54, 1.807) is 39.0 Å². The minimum absolute atomic E-state index is 0.0325. The molecule has 0 radical (unpaired) electrons. The maximum absolute atomic E-state index is 17.8. The molecule has 2 bridgehead atoms.